The van der Waals surface area contributed by atoms with Gasteiger partial charge in [0.15, 0.2) is 11.8 Å². The first kappa shape index (κ1) is 22.9. The predicted molar refractivity (Wildman–Crippen MR) is 128 cm³/mol. The van der Waals surface area contributed by atoms with Crippen molar-refractivity contribution in [3.05, 3.63) is 82.9 Å². The van der Waals surface area contributed by atoms with Gasteiger partial charge < -0.3 is 20.1 Å². The van der Waals surface area contributed by atoms with E-state index in [4.69, 9.17) is 9.47 Å². The van der Waals surface area contributed by atoms with Gasteiger partial charge in [0.2, 0.25) is 0 Å². The van der Waals surface area contributed by atoms with Crippen LogP contribution in [-0.2, 0) is 48.8 Å². The van der Waals surface area contributed by atoms with Crippen LogP contribution in [0.15, 0.2) is 59.6 Å². The van der Waals surface area contributed by atoms with Gasteiger partial charge in [0.1, 0.15) is 12.4 Å². The van der Waals surface area contributed by atoms with Gasteiger partial charge in [0.25, 0.3) is 0 Å². The summed E-state index contributed by atoms with van der Waals surface area (Å²) >= 11 is 0. The lowest BCUT2D eigenvalue weighted by atomic mass is 10.1. The van der Waals surface area contributed by atoms with Crippen molar-refractivity contribution in [1.29, 1.82) is 0 Å². The van der Waals surface area contributed by atoms with Crippen LogP contribution >= 0.6 is 0 Å². The zero-order valence-electron chi connectivity index (χ0n) is 19.3. The molecule has 1 aliphatic rings. The number of ether oxygens (including phenoxy) is 2. The van der Waals surface area contributed by atoms with Gasteiger partial charge in [-0.25, -0.2) is 9.67 Å². The summed E-state index contributed by atoms with van der Waals surface area (Å²) in [7, 11) is 3.45. The molecule has 8 heteroatoms. The van der Waals surface area contributed by atoms with E-state index in [9.17, 15) is 0 Å². The molecule has 3 aromatic rings. The fourth-order valence-corrected chi connectivity index (χ4v) is 3.86. The van der Waals surface area contributed by atoms with E-state index >= 15 is 0 Å². The number of nitrogens with zero attached hydrogens (tertiary/aromatic N) is 4. The van der Waals surface area contributed by atoms with Gasteiger partial charge in [-0.2, -0.15) is 5.10 Å². The lowest BCUT2D eigenvalue weighted by molar-refractivity contribution is 0.107. The Bertz CT molecular complexity index is 1030. The molecular formula is C25H32N6O2. The summed E-state index contributed by atoms with van der Waals surface area (Å²) in [6.45, 7) is 3.13. The third-order valence-corrected chi connectivity index (χ3v) is 5.60. The maximum absolute atomic E-state index is 5.82. The van der Waals surface area contributed by atoms with Crippen LogP contribution in [0, 0.1) is 0 Å². The first-order chi connectivity index (χ1) is 16.2. The number of aromatic nitrogens is 3. The maximum atomic E-state index is 5.82. The molecule has 0 saturated heterocycles. The molecule has 33 heavy (non-hydrogen) atoms. The zero-order valence-corrected chi connectivity index (χ0v) is 19.3. The Morgan fingerprint density at radius 3 is 2.48 bits per heavy atom. The molecule has 2 heterocycles. The Morgan fingerprint density at radius 1 is 1.03 bits per heavy atom. The molecule has 0 spiro atoms. The maximum Gasteiger partial charge on any atom is 0.191 e. The molecule has 1 aliphatic heterocycles. The zero-order chi connectivity index (χ0) is 22.9. The van der Waals surface area contributed by atoms with Gasteiger partial charge >= 0.3 is 0 Å². The number of aliphatic imine (C=N–C) groups is 1. The summed E-state index contributed by atoms with van der Waals surface area (Å²) in [6.07, 6.45) is 1.88. The van der Waals surface area contributed by atoms with Crippen LogP contribution in [0.25, 0.3) is 0 Å². The second-order valence-corrected chi connectivity index (χ2v) is 8.16. The van der Waals surface area contributed by atoms with E-state index in [2.05, 4.69) is 62.1 Å². The Hall–Kier alpha value is -3.23. The van der Waals surface area contributed by atoms with Crippen molar-refractivity contribution in [1.82, 2.24) is 25.4 Å². The lowest BCUT2D eigenvalue weighted by Crippen LogP contribution is -2.46. The summed E-state index contributed by atoms with van der Waals surface area (Å²) < 4.78 is 12.9. The summed E-state index contributed by atoms with van der Waals surface area (Å²) in [6, 6.07) is 19.0. The highest BCUT2D eigenvalue weighted by molar-refractivity contribution is 5.79. The van der Waals surface area contributed by atoms with E-state index in [1.165, 1.54) is 11.1 Å². The van der Waals surface area contributed by atoms with Crippen LogP contribution in [0.2, 0.25) is 0 Å². The Labute approximate surface area is 195 Å². The van der Waals surface area contributed by atoms with Crippen LogP contribution in [0.3, 0.4) is 0 Å². The monoisotopic (exact) mass is 448 g/mol. The molecule has 0 saturated carbocycles. The normalized spacial score (nSPS) is 15.8. The number of hydrogen-bond acceptors (Lipinski definition) is 5. The quantitative estimate of drug-likeness (QED) is 0.387. The van der Waals surface area contributed by atoms with E-state index in [-0.39, 0.29) is 6.04 Å². The predicted octanol–water partition coefficient (Wildman–Crippen LogP) is 2.82. The molecule has 8 nitrogen and oxygen atoms in total. The van der Waals surface area contributed by atoms with Gasteiger partial charge in [0.05, 0.1) is 19.8 Å². The molecular weight excluding hydrogens is 416 g/mol. The number of benzene rings is 2. The van der Waals surface area contributed by atoms with Crippen molar-refractivity contribution in [2.75, 3.05) is 14.2 Å². The number of aryl methyl sites for hydroxylation is 1. The van der Waals surface area contributed by atoms with Crippen LogP contribution < -0.4 is 10.6 Å². The third kappa shape index (κ3) is 6.63. The lowest BCUT2D eigenvalue weighted by Gasteiger charge is -2.25. The van der Waals surface area contributed by atoms with Gasteiger partial charge in [-0.3, -0.25) is 4.99 Å². The van der Waals surface area contributed by atoms with Crippen molar-refractivity contribution in [2.24, 2.45) is 4.99 Å². The molecule has 0 radical (unpaired) electrons. The summed E-state index contributed by atoms with van der Waals surface area (Å²) in [5.74, 6) is 2.55. The van der Waals surface area contributed by atoms with Crippen molar-refractivity contribution >= 4 is 5.96 Å². The molecule has 1 aromatic heterocycles. The van der Waals surface area contributed by atoms with Crippen LogP contribution in [0.5, 0.6) is 0 Å². The van der Waals surface area contributed by atoms with Gasteiger partial charge in [-0.15, -0.1) is 0 Å². The van der Waals surface area contributed by atoms with E-state index in [0.29, 0.717) is 26.4 Å². The van der Waals surface area contributed by atoms with Crippen molar-refractivity contribution in [3.63, 3.8) is 0 Å². The van der Waals surface area contributed by atoms with E-state index in [1.807, 2.05) is 22.9 Å². The fourth-order valence-electron chi connectivity index (χ4n) is 3.86. The molecule has 4 rings (SSSR count). The third-order valence-electron chi connectivity index (χ3n) is 5.60. The van der Waals surface area contributed by atoms with Crippen molar-refractivity contribution < 1.29 is 9.47 Å². The van der Waals surface area contributed by atoms with Gasteiger partial charge in [-0.1, -0.05) is 54.6 Å². The number of guanidine groups is 1. The smallest absolute Gasteiger partial charge is 0.191 e. The summed E-state index contributed by atoms with van der Waals surface area (Å²) in [4.78, 5) is 8.92. The van der Waals surface area contributed by atoms with E-state index in [1.54, 1.807) is 14.2 Å². The molecule has 0 bridgehead atoms. The second-order valence-electron chi connectivity index (χ2n) is 8.16. The Morgan fingerprint density at radius 2 is 1.76 bits per heavy atom. The minimum absolute atomic E-state index is 0.255. The van der Waals surface area contributed by atoms with E-state index < -0.39 is 0 Å². The van der Waals surface area contributed by atoms with Crippen molar-refractivity contribution in [3.8, 4) is 0 Å². The minimum Gasteiger partial charge on any atom is -0.377 e. The molecule has 0 fully saturated rings. The number of rotatable bonds is 9. The number of nitrogens with one attached hydrogen (secondary N) is 2. The molecule has 0 aliphatic carbocycles. The highest BCUT2D eigenvalue weighted by Crippen LogP contribution is 2.14. The molecule has 2 aromatic carbocycles. The molecule has 0 amide bonds. The van der Waals surface area contributed by atoms with Gasteiger partial charge in [-0.05, 0) is 23.1 Å². The molecule has 1 unspecified atom stereocenters. The molecule has 174 valence electrons. The number of hydrogen-bond donors (Lipinski definition) is 2. The average Bonchev–Trinajstić information content (AvgIpc) is 3.25. The fraction of sp³-hybridized carbons (Fsp3) is 0.400. The standard InChI is InChI=1S/C25H32N6O2/c1-26-25(28-22-12-13-24-29-23(18-32-2)30-31(24)15-22)27-14-19-8-10-21(11-9-19)17-33-16-20-6-4-3-5-7-20/h3-11,22H,12-18H2,1-2H3,(H2,26,27,28). The Kier molecular flexibility index (Phi) is 8.05. The first-order valence-corrected chi connectivity index (χ1v) is 11.3. The Balaban J connectivity index is 1.21. The number of fused-ring (bicyclic) bond motifs is 1. The first-order valence-electron chi connectivity index (χ1n) is 11.3. The average molecular weight is 449 g/mol. The largest absolute Gasteiger partial charge is 0.377 e. The van der Waals surface area contributed by atoms with E-state index in [0.717, 1.165) is 42.6 Å². The highest BCUT2D eigenvalue weighted by Gasteiger charge is 2.22. The molecule has 1 atom stereocenters. The number of methoxy groups -OCH3 is 1. The SMILES string of the molecule is CN=C(NCc1ccc(COCc2ccccc2)cc1)NC1CCc2nc(COC)nn2C1. The van der Waals surface area contributed by atoms with Crippen molar-refractivity contribution in [2.45, 2.75) is 51.8 Å². The highest BCUT2D eigenvalue weighted by atomic mass is 16.5. The second kappa shape index (κ2) is 11.6. The van der Waals surface area contributed by atoms with Crippen LogP contribution in [0.1, 0.15) is 34.8 Å². The summed E-state index contributed by atoms with van der Waals surface area (Å²) in [5.41, 5.74) is 3.54. The minimum atomic E-state index is 0.255. The topological polar surface area (TPSA) is 85.6 Å². The van der Waals surface area contributed by atoms with Crippen LogP contribution in [-0.4, -0.2) is 40.9 Å². The van der Waals surface area contributed by atoms with Crippen LogP contribution in [0.4, 0.5) is 0 Å². The molecule has 2 N–H and O–H groups in total. The van der Waals surface area contributed by atoms with Gasteiger partial charge in [0, 0.05) is 33.2 Å². The summed E-state index contributed by atoms with van der Waals surface area (Å²) in [5, 5.41) is 11.5.